The van der Waals surface area contributed by atoms with Crippen LogP contribution in [0.5, 0.6) is 0 Å². The lowest BCUT2D eigenvalue weighted by Gasteiger charge is -2.40. The molecule has 1 saturated heterocycles. The number of aromatic nitrogens is 2. The van der Waals surface area contributed by atoms with E-state index in [2.05, 4.69) is 45.4 Å². The maximum atomic E-state index is 5.88. The lowest BCUT2D eigenvalue weighted by Crippen LogP contribution is -2.57. The molecule has 4 N–H and O–H groups in total. The van der Waals surface area contributed by atoms with Crippen LogP contribution in [0.2, 0.25) is 0 Å². The fourth-order valence-corrected chi connectivity index (χ4v) is 3.81. The highest BCUT2D eigenvalue weighted by Gasteiger charge is 2.50. The van der Waals surface area contributed by atoms with E-state index >= 15 is 0 Å². The molecule has 23 heavy (non-hydrogen) atoms. The molecule has 1 unspecified atom stereocenters. The SMILES string of the molecule is CCC1(CC)CC1CNCc1cc(N2CC(NC)C2)nc(N)n1. The summed E-state index contributed by atoms with van der Waals surface area (Å²) in [7, 11) is 2.00. The van der Waals surface area contributed by atoms with E-state index in [9.17, 15) is 0 Å². The minimum absolute atomic E-state index is 0.370. The molecule has 1 aromatic heterocycles. The average Bonchev–Trinajstić information content (AvgIpc) is 3.20. The fourth-order valence-electron chi connectivity index (χ4n) is 3.81. The highest BCUT2D eigenvalue weighted by Crippen LogP contribution is 2.57. The van der Waals surface area contributed by atoms with E-state index in [1.807, 2.05) is 7.05 Å². The van der Waals surface area contributed by atoms with E-state index in [0.29, 0.717) is 17.4 Å². The van der Waals surface area contributed by atoms with Crippen LogP contribution in [-0.4, -0.2) is 42.7 Å². The Morgan fingerprint density at radius 3 is 2.65 bits per heavy atom. The Labute approximate surface area is 139 Å². The van der Waals surface area contributed by atoms with Crippen LogP contribution >= 0.6 is 0 Å². The molecule has 0 bridgehead atoms. The Balaban J connectivity index is 1.51. The van der Waals surface area contributed by atoms with Crippen molar-refractivity contribution < 1.29 is 0 Å². The molecule has 1 aliphatic carbocycles. The second-order valence-electron chi connectivity index (χ2n) is 7.07. The van der Waals surface area contributed by atoms with E-state index in [1.165, 1.54) is 19.3 Å². The highest BCUT2D eigenvalue weighted by atomic mass is 15.3. The Kier molecular flexibility index (Phi) is 4.73. The molecule has 6 nitrogen and oxygen atoms in total. The van der Waals surface area contributed by atoms with Gasteiger partial charge in [0, 0.05) is 31.7 Å². The molecule has 2 fully saturated rings. The highest BCUT2D eigenvalue weighted by molar-refractivity contribution is 5.46. The third kappa shape index (κ3) is 3.43. The van der Waals surface area contributed by atoms with Gasteiger partial charge >= 0.3 is 0 Å². The zero-order valence-corrected chi connectivity index (χ0v) is 14.6. The first-order valence-electron chi connectivity index (χ1n) is 8.86. The molecular formula is C17H30N6. The van der Waals surface area contributed by atoms with Crippen molar-refractivity contribution in [2.75, 3.05) is 37.3 Å². The first-order valence-corrected chi connectivity index (χ1v) is 8.86. The van der Waals surface area contributed by atoms with E-state index in [-0.39, 0.29) is 0 Å². The van der Waals surface area contributed by atoms with Crippen LogP contribution in [0.4, 0.5) is 11.8 Å². The summed E-state index contributed by atoms with van der Waals surface area (Å²) >= 11 is 0. The van der Waals surface area contributed by atoms with Crippen LogP contribution < -0.4 is 21.3 Å². The first kappa shape index (κ1) is 16.5. The number of anilines is 2. The molecule has 0 spiro atoms. The second kappa shape index (κ2) is 6.61. The van der Waals surface area contributed by atoms with E-state index in [4.69, 9.17) is 5.73 Å². The van der Waals surface area contributed by atoms with E-state index in [1.54, 1.807) is 0 Å². The summed E-state index contributed by atoms with van der Waals surface area (Å²) in [6, 6.07) is 2.62. The molecule has 1 saturated carbocycles. The van der Waals surface area contributed by atoms with Crippen LogP contribution in [0.1, 0.15) is 38.8 Å². The first-order chi connectivity index (χ1) is 11.1. The molecule has 6 heteroatoms. The number of hydrogen-bond acceptors (Lipinski definition) is 6. The van der Waals surface area contributed by atoms with Gasteiger partial charge in [0.05, 0.1) is 5.69 Å². The van der Waals surface area contributed by atoms with Gasteiger partial charge in [-0.3, -0.25) is 0 Å². The average molecular weight is 318 g/mol. The molecule has 0 aromatic carbocycles. The number of likely N-dealkylation sites (N-methyl/N-ethyl adjacent to an activating group) is 1. The summed E-state index contributed by atoms with van der Waals surface area (Å²) in [6.45, 7) is 8.43. The van der Waals surface area contributed by atoms with Crippen molar-refractivity contribution in [2.24, 2.45) is 11.3 Å². The number of nitrogens with zero attached hydrogens (tertiary/aromatic N) is 3. The van der Waals surface area contributed by atoms with Crippen molar-refractivity contribution in [3.8, 4) is 0 Å². The van der Waals surface area contributed by atoms with Crippen molar-refractivity contribution in [2.45, 2.75) is 45.7 Å². The lowest BCUT2D eigenvalue weighted by molar-refractivity contribution is 0.409. The zero-order chi connectivity index (χ0) is 16.4. The Bertz CT molecular complexity index is 536. The van der Waals surface area contributed by atoms with Crippen LogP contribution in [0.3, 0.4) is 0 Å². The summed E-state index contributed by atoms with van der Waals surface area (Å²) < 4.78 is 0. The summed E-state index contributed by atoms with van der Waals surface area (Å²) in [6.07, 6.45) is 3.95. The van der Waals surface area contributed by atoms with Gasteiger partial charge in [0.1, 0.15) is 5.82 Å². The van der Waals surface area contributed by atoms with Gasteiger partial charge in [-0.25, -0.2) is 4.98 Å². The third-order valence-electron chi connectivity index (χ3n) is 5.86. The molecule has 2 heterocycles. The van der Waals surface area contributed by atoms with Crippen molar-refractivity contribution >= 4 is 11.8 Å². The Morgan fingerprint density at radius 1 is 1.30 bits per heavy atom. The fraction of sp³-hybridized carbons (Fsp3) is 0.765. The summed E-state index contributed by atoms with van der Waals surface area (Å²) in [5.41, 5.74) is 7.47. The topological polar surface area (TPSA) is 79.1 Å². The van der Waals surface area contributed by atoms with Crippen molar-refractivity contribution in [1.29, 1.82) is 0 Å². The molecule has 0 amide bonds. The zero-order valence-electron chi connectivity index (χ0n) is 14.6. The van der Waals surface area contributed by atoms with Crippen LogP contribution in [0.15, 0.2) is 6.07 Å². The third-order valence-corrected chi connectivity index (χ3v) is 5.86. The van der Waals surface area contributed by atoms with Crippen LogP contribution in [0.25, 0.3) is 0 Å². The molecule has 3 rings (SSSR count). The van der Waals surface area contributed by atoms with Crippen molar-refractivity contribution in [1.82, 2.24) is 20.6 Å². The van der Waals surface area contributed by atoms with Crippen molar-refractivity contribution in [3.63, 3.8) is 0 Å². The van der Waals surface area contributed by atoms with Gasteiger partial charge in [-0.2, -0.15) is 4.98 Å². The summed E-state index contributed by atoms with van der Waals surface area (Å²) in [5, 5.41) is 6.83. The number of nitrogens with two attached hydrogens (primary N) is 1. The standard InChI is InChI=1S/C17H30N6/c1-4-17(5-2)7-12(17)8-20-9-13-6-15(22-16(18)21-13)23-10-14(11-23)19-3/h6,12,14,19-20H,4-5,7-11H2,1-3H3,(H2,18,21,22). The van der Waals surface area contributed by atoms with Crippen molar-refractivity contribution in [3.05, 3.63) is 11.8 Å². The van der Waals surface area contributed by atoms with Gasteiger partial charge in [0.2, 0.25) is 5.95 Å². The maximum absolute atomic E-state index is 5.88. The van der Waals surface area contributed by atoms with Crippen LogP contribution in [-0.2, 0) is 6.54 Å². The van der Waals surface area contributed by atoms with Crippen LogP contribution in [0, 0.1) is 11.3 Å². The smallest absolute Gasteiger partial charge is 0.222 e. The van der Waals surface area contributed by atoms with Gasteiger partial charge < -0.3 is 21.3 Å². The monoisotopic (exact) mass is 318 g/mol. The molecule has 2 aliphatic rings. The predicted octanol–water partition coefficient (Wildman–Crippen LogP) is 1.38. The number of nitrogen functional groups attached to an aromatic ring is 1. The molecule has 1 atom stereocenters. The molecule has 1 aromatic rings. The molecule has 1 aliphatic heterocycles. The maximum Gasteiger partial charge on any atom is 0.222 e. The second-order valence-corrected chi connectivity index (χ2v) is 7.07. The molecule has 128 valence electrons. The lowest BCUT2D eigenvalue weighted by atomic mass is 9.97. The largest absolute Gasteiger partial charge is 0.368 e. The minimum Gasteiger partial charge on any atom is -0.368 e. The van der Waals surface area contributed by atoms with Gasteiger partial charge in [-0.1, -0.05) is 26.7 Å². The Hall–Kier alpha value is -1.40. The summed E-state index contributed by atoms with van der Waals surface area (Å²) in [5.74, 6) is 2.14. The Morgan fingerprint density at radius 2 is 2.04 bits per heavy atom. The predicted molar refractivity (Wildman–Crippen MR) is 94.3 cm³/mol. The number of rotatable bonds is 8. The van der Waals surface area contributed by atoms with Gasteiger partial charge in [0.25, 0.3) is 0 Å². The van der Waals surface area contributed by atoms with Gasteiger partial charge in [0.15, 0.2) is 0 Å². The van der Waals surface area contributed by atoms with Gasteiger partial charge in [-0.15, -0.1) is 0 Å². The minimum atomic E-state index is 0.370. The normalized spacial score (nSPS) is 22.9. The molecular weight excluding hydrogens is 288 g/mol. The summed E-state index contributed by atoms with van der Waals surface area (Å²) in [4.78, 5) is 11.0. The molecule has 0 radical (unpaired) electrons. The van der Waals surface area contributed by atoms with Gasteiger partial charge in [-0.05, 0) is 31.3 Å². The quantitative estimate of drug-likeness (QED) is 0.672. The van der Waals surface area contributed by atoms with E-state index < -0.39 is 0 Å². The number of nitrogens with one attached hydrogen (secondary N) is 2. The number of hydrogen-bond donors (Lipinski definition) is 3. The van der Waals surface area contributed by atoms with E-state index in [0.717, 1.165) is 43.6 Å².